The predicted octanol–water partition coefficient (Wildman–Crippen LogP) is 13.2. The normalized spacial score (nSPS) is 18.6. The van der Waals surface area contributed by atoms with Gasteiger partial charge in [0.25, 0.3) is 0 Å². The third-order valence-corrected chi connectivity index (χ3v) is 25.0. The number of fused-ring (bicyclic) bond motifs is 4. The molecule has 15 rings (SSSR count). The number of anilines is 1. The Kier molecular flexibility index (Phi) is 27.3. The summed E-state index contributed by atoms with van der Waals surface area (Å²) in [6, 6.07) is 67.6. The quantitative estimate of drug-likeness (QED) is 0.0138. The fraction of sp³-hybridized carbons (Fsp3) is 0.348. The maximum Gasteiger partial charge on any atom is 0.407 e. The predicted molar refractivity (Wildman–Crippen MR) is 437 cm³/mol. The zero-order chi connectivity index (χ0) is 77.8. The van der Waals surface area contributed by atoms with Crippen molar-refractivity contribution in [1.29, 1.82) is 5.26 Å². The van der Waals surface area contributed by atoms with Crippen molar-refractivity contribution < 1.29 is 38.4 Å². The molecule has 0 saturated carbocycles. The maximum absolute atomic E-state index is 14.2. The monoisotopic (exact) mass is 1510 g/mol. The van der Waals surface area contributed by atoms with Crippen LogP contribution >= 0.6 is 7.14 Å². The molecule has 4 fully saturated rings. The van der Waals surface area contributed by atoms with Gasteiger partial charge in [-0.2, -0.15) is 5.26 Å². The second-order valence-electron chi connectivity index (χ2n) is 29.1. The third-order valence-electron chi connectivity index (χ3n) is 21.9. The summed E-state index contributed by atoms with van der Waals surface area (Å²) in [5.41, 5.74) is 19.7. The van der Waals surface area contributed by atoms with E-state index in [1.807, 2.05) is 162 Å². The first-order valence-electron chi connectivity index (χ1n) is 38.4. The first kappa shape index (κ1) is 79.5. The number of nitriles is 1. The molecule has 5 N–H and O–H groups in total. The van der Waals surface area contributed by atoms with E-state index in [2.05, 4.69) is 97.0 Å². The van der Waals surface area contributed by atoms with E-state index in [9.17, 15) is 18.9 Å². The van der Waals surface area contributed by atoms with Crippen LogP contribution in [0.1, 0.15) is 107 Å². The summed E-state index contributed by atoms with van der Waals surface area (Å²) in [5, 5.41) is 29.0. The van der Waals surface area contributed by atoms with Gasteiger partial charge >= 0.3 is 6.09 Å². The molecule has 3 amide bonds. The van der Waals surface area contributed by atoms with E-state index in [0.29, 0.717) is 69.0 Å². The number of methoxy groups -OCH3 is 2. The zero-order valence-electron chi connectivity index (χ0n) is 64.0. The molecular formula is C89H100N13O8P. The van der Waals surface area contributed by atoms with Gasteiger partial charge in [0.2, 0.25) is 11.8 Å². The molecule has 111 heavy (non-hydrogen) atoms. The lowest BCUT2D eigenvalue weighted by Crippen LogP contribution is -2.50. The highest BCUT2D eigenvalue weighted by Gasteiger charge is 2.42. The number of para-hydroxylation sites is 2. The summed E-state index contributed by atoms with van der Waals surface area (Å²) < 4.78 is 35.2. The Morgan fingerprint density at radius 1 is 0.685 bits per heavy atom. The van der Waals surface area contributed by atoms with Gasteiger partial charge < -0.3 is 64.2 Å². The number of carbonyl (C=O) groups excluding carboxylic acids is 3. The Bertz CT molecular complexity index is 4910. The number of alkyl carbamates (subject to hydrolysis) is 1. The second kappa shape index (κ2) is 38.1. The van der Waals surface area contributed by atoms with Crippen LogP contribution in [0.2, 0.25) is 0 Å². The van der Waals surface area contributed by atoms with Gasteiger partial charge in [-0.3, -0.25) is 9.59 Å². The summed E-state index contributed by atoms with van der Waals surface area (Å²) in [5.74, 6) is 2.17. The fourth-order valence-electron chi connectivity index (χ4n) is 16.2. The second-order valence-corrected chi connectivity index (χ2v) is 31.8. The zero-order valence-corrected chi connectivity index (χ0v) is 64.9. The lowest BCUT2D eigenvalue weighted by Gasteiger charge is -2.35. The Balaban J connectivity index is 0.000000151. The number of imidazole rings is 2. The number of rotatable bonds is 20. The lowest BCUT2D eigenvalue weighted by atomic mass is 9.94. The number of likely N-dealkylation sites (tertiary alicyclic amines) is 2. The van der Waals surface area contributed by atoms with Crippen molar-refractivity contribution in [3.8, 4) is 17.2 Å². The number of aryl methyl sites for hydroxylation is 3. The van der Waals surface area contributed by atoms with Gasteiger partial charge in [-0.25, -0.2) is 19.6 Å². The minimum absolute atomic E-state index is 0.00288. The number of nitrogens with zero attached hydrogens (tertiary/aromatic N) is 10. The van der Waals surface area contributed by atoms with Crippen molar-refractivity contribution in [3.05, 3.63) is 269 Å². The molecule has 22 heteroatoms. The van der Waals surface area contributed by atoms with Crippen molar-refractivity contribution in [3.63, 3.8) is 0 Å². The Morgan fingerprint density at radius 2 is 1.27 bits per heavy atom. The van der Waals surface area contributed by atoms with Gasteiger partial charge in [-0.1, -0.05) is 175 Å². The number of carbonyl (C=O) groups is 3. The van der Waals surface area contributed by atoms with Crippen LogP contribution in [0.5, 0.6) is 0 Å². The minimum Gasteiger partial charge on any atom is -0.449 e. The number of benzene rings is 8. The van der Waals surface area contributed by atoms with Gasteiger partial charge in [0, 0.05) is 150 Å². The van der Waals surface area contributed by atoms with Crippen LogP contribution in [0, 0.1) is 50.5 Å². The number of nitrogens with two attached hydrogens (primary N) is 1. The lowest BCUT2D eigenvalue weighted by molar-refractivity contribution is -0.137. The molecular weight excluding hydrogens is 1410 g/mol. The van der Waals surface area contributed by atoms with Gasteiger partial charge in [0.05, 0.1) is 59.0 Å². The highest BCUT2D eigenvalue weighted by atomic mass is 31.2. The Labute approximate surface area is 651 Å². The van der Waals surface area contributed by atoms with Crippen molar-refractivity contribution >= 4 is 69.6 Å². The molecule has 5 aliphatic rings. The van der Waals surface area contributed by atoms with E-state index in [4.69, 9.17) is 47.0 Å². The number of hydrogen-bond donors (Lipinski definition) is 4. The number of hydrogen-bond acceptors (Lipinski definition) is 15. The number of nitrogens with one attached hydrogen (secondary N) is 2. The summed E-state index contributed by atoms with van der Waals surface area (Å²) >= 11 is 0. The van der Waals surface area contributed by atoms with E-state index in [1.165, 1.54) is 34.2 Å². The Morgan fingerprint density at radius 3 is 1.89 bits per heavy atom. The van der Waals surface area contributed by atoms with Gasteiger partial charge in [0.1, 0.15) is 18.3 Å². The number of amides is 3. The van der Waals surface area contributed by atoms with Crippen molar-refractivity contribution in [2.75, 3.05) is 91.3 Å². The third kappa shape index (κ3) is 18.7. The summed E-state index contributed by atoms with van der Waals surface area (Å²) in [7, 11) is 0.411. The molecule has 3 unspecified atom stereocenters. The highest BCUT2D eigenvalue weighted by Crippen LogP contribution is 2.46. The Hall–Kier alpha value is -11.0. The topological polar surface area (TPSA) is 252 Å². The maximum atomic E-state index is 14.2. The van der Waals surface area contributed by atoms with Crippen molar-refractivity contribution in [1.82, 2.24) is 39.5 Å². The minimum atomic E-state index is -3.05. The fourth-order valence-corrected chi connectivity index (χ4v) is 19.0. The molecule has 0 radical (unpaired) electrons. The van der Waals surface area contributed by atoms with Gasteiger partial charge in [-0.05, 0) is 124 Å². The molecule has 0 spiro atoms. The van der Waals surface area contributed by atoms with E-state index < -0.39 is 13.2 Å². The molecule has 6 heterocycles. The molecule has 2 aromatic heterocycles. The van der Waals surface area contributed by atoms with E-state index in [-0.39, 0.29) is 60.1 Å². The number of piperidine rings is 2. The van der Waals surface area contributed by atoms with E-state index in [0.717, 1.165) is 121 Å². The van der Waals surface area contributed by atoms with Gasteiger partial charge in [0.15, 0.2) is 12.8 Å². The van der Waals surface area contributed by atoms with Crippen molar-refractivity contribution in [2.45, 2.75) is 102 Å². The van der Waals surface area contributed by atoms with E-state index >= 15 is 0 Å². The van der Waals surface area contributed by atoms with Gasteiger partial charge in [-0.15, -0.1) is 0 Å². The van der Waals surface area contributed by atoms with Crippen LogP contribution in [-0.4, -0.2) is 157 Å². The van der Waals surface area contributed by atoms with Crippen LogP contribution < -0.4 is 37.2 Å². The molecule has 8 aromatic carbocycles. The number of oxime groups is 1. The molecule has 1 aliphatic carbocycles. The first-order valence-corrected chi connectivity index (χ1v) is 40.1. The smallest absolute Gasteiger partial charge is 0.407 e. The number of ether oxygens (including phenoxy) is 3. The van der Waals surface area contributed by atoms with Crippen LogP contribution in [0.15, 0.2) is 211 Å². The summed E-state index contributed by atoms with van der Waals surface area (Å²) in [6.07, 6.45) is 6.60. The average molecular weight is 1510 g/mol. The summed E-state index contributed by atoms with van der Waals surface area (Å²) in [6.45, 7) is 21.9. The molecule has 0 bridgehead atoms. The number of aromatic nitrogens is 4. The van der Waals surface area contributed by atoms with Crippen molar-refractivity contribution in [2.24, 2.45) is 22.7 Å². The van der Waals surface area contributed by atoms with Crippen LogP contribution in [-0.2, 0) is 41.5 Å². The van der Waals surface area contributed by atoms with Crippen LogP contribution in [0.3, 0.4) is 0 Å². The highest BCUT2D eigenvalue weighted by molar-refractivity contribution is 7.85. The molecule has 4 saturated heterocycles. The molecule has 10 aromatic rings. The summed E-state index contributed by atoms with van der Waals surface area (Å²) in [4.78, 5) is 60.2. The largest absolute Gasteiger partial charge is 0.449 e. The molecule has 6 atom stereocenters. The van der Waals surface area contributed by atoms with E-state index in [1.54, 1.807) is 32.4 Å². The first-order chi connectivity index (χ1) is 54.1. The average Bonchev–Trinajstić information content (AvgIpc) is 1.74. The molecule has 574 valence electrons. The van der Waals surface area contributed by atoms with Crippen LogP contribution in [0.25, 0.3) is 27.0 Å². The molecule has 4 aliphatic heterocycles. The standard InChI is InChI=1S/C34H43N5O4.C28H34N6O2.C19H16NO2P.C8H7N/c1-22-23(2)39(16-9-17-42-3)32(36-22)24-10-8-15-38(20-24)33(40)29-18-35-19-31(29)37-34(41)43-21-30-27-13-6-4-11-25(27)26-12-5-7-14-28(26)30;1-30-21-9-5-10-22(16-21)33-18-23(24(29)19-33)28(35)32-13-6-8-20(17-32)27-31-25-11-3-4-12-26(25)34(27)14-7-15-36-2;21-20-15-16-9-7-8-14-19(16)23(22,17-10-3-1-4-11-17)18-12-5-2-6-13-18;1-7-3-2-4-8(5-7)6-9/h4-7,11-14,24,29-31,35H,8-10,15-21H2,1-3H3,(H,37,41);3-5,9-12,16,20,23-24H,6-8,13-15,17-19,29H2,2H3;1-15,21H;2-5H,1H3/b;;20-15+;/t;20-,23-,24-;;/m.1../s1. The molecule has 21 nitrogen and oxygen atoms in total. The SMILES string of the molecule is COCCCn1c(C2CCCN(C(=O)C3CNCC3NC(=O)OCC3c4ccccc4-c4ccccc43)C2)nc(C)c1C.Cc1cccc(C#N)c1.O=P(c1ccccc1)(c1ccccc1)c1ccccc1/C=N/O.[C-]#[N+]c1cccc(N2C[C@@H](N)[C@H](C(=O)N3CCC[C@@H](c4nc5ccccc5n4CCCOC)C3)C2)c1. The van der Waals surface area contributed by atoms with Crippen LogP contribution in [0.4, 0.5) is 16.2 Å².